The van der Waals surface area contributed by atoms with E-state index in [0.717, 1.165) is 11.8 Å². The molecule has 0 unspecified atom stereocenters. The molecule has 2 aromatic rings. The number of nitrogens with one attached hydrogen (secondary N) is 1. The maximum atomic E-state index is 13.1. The number of nitrogens with zero attached hydrogens (tertiary/aromatic N) is 2. The van der Waals surface area contributed by atoms with Gasteiger partial charge in [0.15, 0.2) is 5.17 Å². The van der Waals surface area contributed by atoms with Crippen molar-refractivity contribution < 1.29 is 32.2 Å². The quantitative estimate of drug-likeness (QED) is 0.453. The number of ether oxygens (including phenoxy) is 2. The molecule has 1 atom stereocenters. The predicted octanol–water partition coefficient (Wildman–Crippen LogP) is 4.81. The van der Waals surface area contributed by atoms with Crippen LogP contribution in [0.15, 0.2) is 53.5 Å². The number of hydrogen-bond acceptors (Lipinski definition) is 6. The third-order valence-electron chi connectivity index (χ3n) is 4.68. The lowest BCUT2D eigenvalue weighted by Gasteiger charge is -2.16. The number of amidine groups is 1. The molecule has 1 N–H and O–H groups in total. The van der Waals surface area contributed by atoms with Crippen LogP contribution in [0.3, 0.4) is 0 Å². The molecule has 0 aromatic heterocycles. The number of aliphatic imine (C=N–C) groups is 1. The molecule has 0 spiro atoms. The van der Waals surface area contributed by atoms with Gasteiger partial charge in [-0.15, -0.1) is 0 Å². The molecule has 2 aromatic carbocycles. The minimum Gasteiger partial charge on any atom is -0.435 e. The van der Waals surface area contributed by atoms with Crippen molar-refractivity contribution in [2.24, 2.45) is 4.99 Å². The number of anilines is 1. The lowest BCUT2D eigenvalue weighted by atomic mass is 10.2. The second-order valence-corrected chi connectivity index (χ2v) is 8.34. The highest BCUT2D eigenvalue weighted by Crippen LogP contribution is 2.32. The van der Waals surface area contributed by atoms with E-state index in [1.807, 2.05) is 6.92 Å². The lowest BCUT2D eigenvalue weighted by molar-refractivity contribution is -0.128. The van der Waals surface area contributed by atoms with E-state index < -0.39 is 17.7 Å². The summed E-state index contributed by atoms with van der Waals surface area (Å²) < 4.78 is 47.5. The molecule has 1 saturated heterocycles. The molecule has 7 nitrogen and oxygen atoms in total. The van der Waals surface area contributed by atoms with Crippen molar-refractivity contribution in [3.63, 3.8) is 0 Å². The lowest BCUT2D eigenvalue weighted by Crippen LogP contribution is -2.34. The molecule has 1 heterocycles. The predicted molar refractivity (Wildman–Crippen MR) is 124 cm³/mol. The fraction of sp³-hybridized carbons (Fsp3) is 0.348. The summed E-state index contributed by atoms with van der Waals surface area (Å²) in [5.74, 6) is -1.07. The molecular weight excluding hydrogens is 471 g/mol. The molecule has 1 aliphatic heterocycles. The minimum atomic E-state index is -2.93. The van der Waals surface area contributed by atoms with Gasteiger partial charge in [0.05, 0.1) is 5.69 Å². The molecule has 0 saturated carbocycles. The van der Waals surface area contributed by atoms with Gasteiger partial charge in [-0.1, -0.05) is 11.8 Å². The van der Waals surface area contributed by atoms with Crippen LogP contribution in [0.5, 0.6) is 5.75 Å². The Balaban J connectivity index is 1.71. The highest BCUT2D eigenvalue weighted by atomic mass is 32.2. The van der Waals surface area contributed by atoms with Gasteiger partial charge in [-0.3, -0.25) is 14.5 Å². The number of amides is 2. The maximum absolute atomic E-state index is 13.1. The van der Waals surface area contributed by atoms with Gasteiger partial charge in [0.1, 0.15) is 16.8 Å². The van der Waals surface area contributed by atoms with Crippen molar-refractivity contribution in [2.45, 2.75) is 31.6 Å². The summed E-state index contributed by atoms with van der Waals surface area (Å²) in [7, 11) is 0. The van der Waals surface area contributed by atoms with Crippen molar-refractivity contribution in [2.75, 3.05) is 25.1 Å². The van der Waals surface area contributed by atoms with Crippen LogP contribution in [0.1, 0.15) is 19.8 Å². The average Bonchev–Trinajstić information content (AvgIpc) is 3.08. The van der Waals surface area contributed by atoms with E-state index in [2.05, 4.69) is 15.0 Å². The van der Waals surface area contributed by atoms with Crippen LogP contribution in [0.2, 0.25) is 0 Å². The van der Waals surface area contributed by atoms with Crippen LogP contribution in [0, 0.1) is 5.82 Å². The van der Waals surface area contributed by atoms with Crippen molar-refractivity contribution >= 4 is 40.1 Å². The zero-order valence-corrected chi connectivity index (χ0v) is 19.2. The number of benzene rings is 2. The van der Waals surface area contributed by atoms with Crippen molar-refractivity contribution in [1.29, 1.82) is 0 Å². The third-order valence-corrected chi connectivity index (χ3v) is 5.86. The maximum Gasteiger partial charge on any atom is 0.387 e. The molecule has 1 aliphatic rings. The van der Waals surface area contributed by atoms with Gasteiger partial charge < -0.3 is 14.8 Å². The van der Waals surface area contributed by atoms with Crippen molar-refractivity contribution in [3.05, 3.63) is 54.3 Å². The van der Waals surface area contributed by atoms with Gasteiger partial charge in [-0.05, 0) is 61.9 Å². The Bertz CT molecular complexity index is 1000. The van der Waals surface area contributed by atoms with E-state index in [4.69, 9.17) is 4.74 Å². The van der Waals surface area contributed by atoms with E-state index in [1.165, 1.54) is 53.4 Å². The Morgan fingerprint density at radius 2 is 1.88 bits per heavy atom. The molecule has 0 bridgehead atoms. The Kier molecular flexibility index (Phi) is 9.34. The zero-order chi connectivity index (χ0) is 24.5. The average molecular weight is 496 g/mol. The van der Waals surface area contributed by atoms with E-state index in [9.17, 15) is 22.8 Å². The standard InChI is InChI=1S/C23H24F3N3O4S/c1-2-32-13-3-12-29-21(31)19(14-20(30)27-16-6-4-15(24)5-7-16)34-23(29)28-17-8-10-18(11-9-17)33-22(25)26/h4-11,19,22H,2-3,12-14H2,1H3,(H,27,30)/t19-/m0/s1. The monoisotopic (exact) mass is 495 g/mol. The first kappa shape index (κ1) is 25.6. The third kappa shape index (κ3) is 7.49. The minimum absolute atomic E-state index is 0.00184. The summed E-state index contributed by atoms with van der Waals surface area (Å²) in [5.41, 5.74) is 0.874. The number of carbonyl (C=O) groups excluding carboxylic acids is 2. The number of halogens is 3. The molecular formula is C23H24F3N3O4S. The number of carbonyl (C=O) groups is 2. The number of hydrogen-bond donors (Lipinski definition) is 1. The van der Waals surface area contributed by atoms with Crippen LogP contribution in [0.4, 0.5) is 24.5 Å². The molecule has 0 radical (unpaired) electrons. The highest BCUT2D eigenvalue weighted by Gasteiger charge is 2.38. The Morgan fingerprint density at radius 1 is 1.18 bits per heavy atom. The van der Waals surface area contributed by atoms with Gasteiger partial charge in [0, 0.05) is 31.9 Å². The second kappa shape index (κ2) is 12.4. The first-order valence-corrected chi connectivity index (χ1v) is 11.5. The largest absolute Gasteiger partial charge is 0.435 e. The summed E-state index contributed by atoms with van der Waals surface area (Å²) in [6.07, 6.45) is 0.484. The van der Waals surface area contributed by atoms with Gasteiger partial charge in [0.2, 0.25) is 11.8 Å². The summed E-state index contributed by atoms with van der Waals surface area (Å²) >= 11 is 1.16. The molecule has 0 aliphatic carbocycles. The number of rotatable bonds is 11. The van der Waals surface area contributed by atoms with E-state index in [-0.39, 0.29) is 24.0 Å². The van der Waals surface area contributed by atoms with Crippen molar-refractivity contribution in [3.8, 4) is 5.75 Å². The topological polar surface area (TPSA) is 80.2 Å². The molecule has 1 fully saturated rings. The first-order chi connectivity index (χ1) is 16.4. The van der Waals surface area contributed by atoms with E-state index in [0.29, 0.717) is 42.7 Å². The van der Waals surface area contributed by atoms with Gasteiger partial charge in [0.25, 0.3) is 0 Å². The molecule has 182 valence electrons. The SMILES string of the molecule is CCOCCCN1C(=O)[C@H](CC(=O)Nc2ccc(F)cc2)SC1=Nc1ccc(OC(F)F)cc1. The molecule has 34 heavy (non-hydrogen) atoms. The van der Waals surface area contributed by atoms with Gasteiger partial charge >= 0.3 is 6.61 Å². The van der Waals surface area contributed by atoms with Crippen LogP contribution in [0.25, 0.3) is 0 Å². The fourth-order valence-corrected chi connectivity index (χ4v) is 4.31. The van der Waals surface area contributed by atoms with E-state index >= 15 is 0 Å². The summed E-state index contributed by atoms with van der Waals surface area (Å²) in [5, 5.41) is 2.37. The fourth-order valence-electron chi connectivity index (χ4n) is 3.13. The zero-order valence-electron chi connectivity index (χ0n) is 18.4. The molecule has 3 rings (SSSR count). The van der Waals surface area contributed by atoms with Crippen molar-refractivity contribution in [1.82, 2.24) is 4.90 Å². The summed E-state index contributed by atoms with van der Waals surface area (Å²) in [6, 6.07) is 11.1. The highest BCUT2D eigenvalue weighted by molar-refractivity contribution is 8.15. The second-order valence-electron chi connectivity index (χ2n) is 7.17. The number of alkyl halides is 2. The molecule has 11 heteroatoms. The summed E-state index contributed by atoms with van der Waals surface area (Å²) in [6.45, 7) is 0.327. The van der Waals surface area contributed by atoms with E-state index in [1.54, 1.807) is 0 Å². The molecule has 2 amide bonds. The first-order valence-electron chi connectivity index (χ1n) is 10.6. The smallest absolute Gasteiger partial charge is 0.387 e. The van der Waals surface area contributed by atoms with Crippen LogP contribution < -0.4 is 10.1 Å². The Labute approximate surface area is 199 Å². The van der Waals surface area contributed by atoms with Gasteiger partial charge in [-0.2, -0.15) is 8.78 Å². The Morgan fingerprint density at radius 3 is 2.53 bits per heavy atom. The van der Waals surface area contributed by atoms with Gasteiger partial charge in [-0.25, -0.2) is 9.38 Å². The number of thioether (sulfide) groups is 1. The summed E-state index contributed by atoms with van der Waals surface area (Å²) in [4.78, 5) is 31.5. The van der Waals surface area contributed by atoms with Crippen LogP contribution in [-0.4, -0.2) is 53.5 Å². The normalized spacial score (nSPS) is 17.0. The van der Waals surface area contributed by atoms with Crippen LogP contribution >= 0.6 is 11.8 Å². The Hall–Kier alpha value is -3.05. The van der Waals surface area contributed by atoms with Crippen LogP contribution in [-0.2, 0) is 14.3 Å².